The maximum absolute atomic E-state index is 10.5. The van der Waals surface area contributed by atoms with E-state index >= 15 is 0 Å². The van der Waals surface area contributed by atoms with Gasteiger partial charge in [0.2, 0.25) is 0 Å². The molecule has 0 amide bonds. The van der Waals surface area contributed by atoms with Crippen molar-refractivity contribution in [1.29, 1.82) is 0 Å². The van der Waals surface area contributed by atoms with Gasteiger partial charge in [-0.1, -0.05) is 5.21 Å². The molecule has 0 spiro atoms. The highest BCUT2D eigenvalue weighted by atomic mass is 16.4. The highest BCUT2D eigenvalue weighted by Crippen LogP contribution is 2.13. The fraction of sp³-hybridized carbons (Fsp3) is 0.571. The van der Waals surface area contributed by atoms with E-state index < -0.39 is 5.97 Å². The van der Waals surface area contributed by atoms with Crippen LogP contribution in [0.5, 0.6) is 0 Å². The van der Waals surface area contributed by atoms with Gasteiger partial charge < -0.3 is 10.4 Å². The number of aromatic carboxylic acids is 1. The SMILES string of the molecule is O=C(O)c1cn([C@H]2CCNC2)nn1. The Bertz CT molecular complexity index is 316. The van der Waals surface area contributed by atoms with Crippen LogP contribution in [-0.2, 0) is 0 Å². The van der Waals surface area contributed by atoms with E-state index in [2.05, 4.69) is 15.6 Å². The number of nitrogens with one attached hydrogen (secondary N) is 1. The van der Waals surface area contributed by atoms with Crippen molar-refractivity contribution in [1.82, 2.24) is 20.3 Å². The molecule has 1 aromatic heterocycles. The first kappa shape index (κ1) is 8.18. The highest BCUT2D eigenvalue weighted by molar-refractivity contribution is 5.84. The van der Waals surface area contributed by atoms with Gasteiger partial charge in [-0.2, -0.15) is 0 Å². The number of hydrogen-bond donors (Lipinski definition) is 2. The summed E-state index contributed by atoms with van der Waals surface area (Å²) in [5.41, 5.74) is 0.00639. The predicted molar refractivity (Wildman–Crippen MR) is 43.5 cm³/mol. The summed E-state index contributed by atoms with van der Waals surface area (Å²) in [7, 11) is 0. The molecular weight excluding hydrogens is 172 g/mol. The Hall–Kier alpha value is -1.43. The van der Waals surface area contributed by atoms with Gasteiger partial charge in [0.05, 0.1) is 12.2 Å². The van der Waals surface area contributed by atoms with Crippen molar-refractivity contribution in [2.45, 2.75) is 12.5 Å². The summed E-state index contributed by atoms with van der Waals surface area (Å²) in [5.74, 6) is -1.03. The fourth-order valence-corrected chi connectivity index (χ4v) is 1.42. The largest absolute Gasteiger partial charge is 0.476 e. The second kappa shape index (κ2) is 3.14. The summed E-state index contributed by atoms with van der Waals surface area (Å²) in [6.45, 7) is 1.79. The Labute approximate surface area is 74.6 Å². The second-order valence-electron chi connectivity index (χ2n) is 3.04. The third-order valence-corrected chi connectivity index (χ3v) is 2.14. The molecule has 0 aromatic carbocycles. The van der Waals surface area contributed by atoms with Crippen LogP contribution in [0.4, 0.5) is 0 Å². The normalized spacial score (nSPS) is 22.0. The van der Waals surface area contributed by atoms with Gasteiger partial charge in [0.1, 0.15) is 0 Å². The molecule has 0 saturated carbocycles. The molecule has 1 aliphatic rings. The molecule has 70 valence electrons. The summed E-state index contributed by atoms with van der Waals surface area (Å²) in [5, 5.41) is 19.1. The van der Waals surface area contributed by atoms with Gasteiger partial charge in [0, 0.05) is 6.54 Å². The number of rotatable bonds is 2. The molecule has 2 rings (SSSR count). The molecule has 1 atom stereocenters. The molecule has 1 aliphatic heterocycles. The van der Waals surface area contributed by atoms with Crippen LogP contribution in [0.25, 0.3) is 0 Å². The van der Waals surface area contributed by atoms with E-state index in [1.54, 1.807) is 4.68 Å². The van der Waals surface area contributed by atoms with E-state index in [4.69, 9.17) is 5.11 Å². The third-order valence-electron chi connectivity index (χ3n) is 2.14. The Morgan fingerprint density at radius 3 is 3.15 bits per heavy atom. The molecule has 2 heterocycles. The smallest absolute Gasteiger partial charge is 0.358 e. The van der Waals surface area contributed by atoms with Crippen molar-refractivity contribution in [2.75, 3.05) is 13.1 Å². The van der Waals surface area contributed by atoms with Crippen LogP contribution >= 0.6 is 0 Å². The number of hydrogen-bond acceptors (Lipinski definition) is 4. The van der Waals surface area contributed by atoms with E-state index in [1.807, 2.05) is 0 Å². The van der Waals surface area contributed by atoms with Gasteiger partial charge in [-0.15, -0.1) is 5.10 Å². The number of carboxylic acids is 1. The lowest BCUT2D eigenvalue weighted by molar-refractivity contribution is 0.0690. The topological polar surface area (TPSA) is 80.0 Å². The van der Waals surface area contributed by atoms with Crippen LogP contribution in [0.3, 0.4) is 0 Å². The van der Waals surface area contributed by atoms with E-state index in [1.165, 1.54) is 6.20 Å². The first-order chi connectivity index (χ1) is 6.27. The standard InChI is InChI=1S/C7H10N4O2/c12-7(13)6-4-11(10-9-6)5-1-2-8-3-5/h4-5,8H,1-3H2,(H,12,13)/t5-/m0/s1. The van der Waals surface area contributed by atoms with Crippen LogP contribution in [0.1, 0.15) is 23.0 Å². The van der Waals surface area contributed by atoms with E-state index in [-0.39, 0.29) is 11.7 Å². The molecule has 0 bridgehead atoms. The minimum Gasteiger partial charge on any atom is -0.476 e. The average molecular weight is 182 g/mol. The average Bonchev–Trinajstić information content (AvgIpc) is 2.75. The third kappa shape index (κ3) is 1.52. The Morgan fingerprint density at radius 2 is 2.62 bits per heavy atom. The lowest BCUT2D eigenvalue weighted by Crippen LogP contribution is -2.13. The van der Waals surface area contributed by atoms with Gasteiger partial charge in [-0.25, -0.2) is 9.48 Å². The molecule has 1 saturated heterocycles. The molecule has 6 nitrogen and oxygen atoms in total. The Morgan fingerprint density at radius 1 is 1.77 bits per heavy atom. The fourth-order valence-electron chi connectivity index (χ4n) is 1.42. The van der Waals surface area contributed by atoms with Crippen molar-refractivity contribution in [3.05, 3.63) is 11.9 Å². The zero-order valence-electron chi connectivity index (χ0n) is 6.97. The maximum atomic E-state index is 10.5. The molecule has 0 unspecified atom stereocenters. The minimum atomic E-state index is -1.03. The van der Waals surface area contributed by atoms with Crippen molar-refractivity contribution < 1.29 is 9.90 Å². The summed E-state index contributed by atoms with van der Waals surface area (Å²) in [6, 6.07) is 0.251. The van der Waals surface area contributed by atoms with Crippen molar-refractivity contribution >= 4 is 5.97 Å². The molecule has 0 aliphatic carbocycles. The summed E-state index contributed by atoms with van der Waals surface area (Å²) in [4.78, 5) is 10.5. The van der Waals surface area contributed by atoms with E-state index in [0.717, 1.165) is 19.5 Å². The summed E-state index contributed by atoms with van der Waals surface area (Å²) < 4.78 is 1.61. The van der Waals surface area contributed by atoms with Crippen molar-refractivity contribution in [2.24, 2.45) is 0 Å². The van der Waals surface area contributed by atoms with E-state index in [0.29, 0.717) is 0 Å². The van der Waals surface area contributed by atoms with Gasteiger partial charge in [0.15, 0.2) is 5.69 Å². The zero-order chi connectivity index (χ0) is 9.26. The summed E-state index contributed by atoms with van der Waals surface area (Å²) in [6.07, 6.45) is 2.45. The maximum Gasteiger partial charge on any atom is 0.358 e. The first-order valence-electron chi connectivity index (χ1n) is 4.13. The van der Waals surface area contributed by atoms with E-state index in [9.17, 15) is 4.79 Å². The quantitative estimate of drug-likeness (QED) is 0.645. The predicted octanol–water partition coefficient (Wildman–Crippen LogP) is -0.489. The van der Waals surface area contributed by atoms with Crippen LogP contribution in [0.15, 0.2) is 6.20 Å². The van der Waals surface area contributed by atoms with Crippen LogP contribution < -0.4 is 5.32 Å². The lowest BCUT2D eigenvalue weighted by atomic mass is 10.3. The second-order valence-corrected chi connectivity index (χ2v) is 3.04. The van der Waals surface area contributed by atoms with Gasteiger partial charge >= 0.3 is 5.97 Å². The number of aromatic nitrogens is 3. The molecule has 6 heteroatoms. The summed E-state index contributed by atoms with van der Waals surface area (Å²) >= 11 is 0. The van der Waals surface area contributed by atoms with Crippen LogP contribution in [0.2, 0.25) is 0 Å². The Balaban J connectivity index is 2.16. The van der Waals surface area contributed by atoms with Crippen molar-refractivity contribution in [3.8, 4) is 0 Å². The van der Waals surface area contributed by atoms with Crippen LogP contribution in [-0.4, -0.2) is 39.2 Å². The highest BCUT2D eigenvalue weighted by Gasteiger charge is 2.19. The monoisotopic (exact) mass is 182 g/mol. The molecule has 1 aromatic rings. The number of nitrogens with zero attached hydrogens (tertiary/aromatic N) is 3. The lowest BCUT2D eigenvalue weighted by Gasteiger charge is -2.05. The van der Waals surface area contributed by atoms with Gasteiger partial charge in [-0.3, -0.25) is 0 Å². The van der Waals surface area contributed by atoms with Gasteiger partial charge in [0.25, 0.3) is 0 Å². The molecular formula is C7H10N4O2. The zero-order valence-corrected chi connectivity index (χ0v) is 6.97. The van der Waals surface area contributed by atoms with Gasteiger partial charge in [-0.05, 0) is 13.0 Å². The molecule has 13 heavy (non-hydrogen) atoms. The molecule has 1 fully saturated rings. The molecule has 2 N–H and O–H groups in total. The number of carboxylic acid groups (broad SMARTS) is 1. The first-order valence-corrected chi connectivity index (χ1v) is 4.13. The van der Waals surface area contributed by atoms with Crippen molar-refractivity contribution in [3.63, 3.8) is 0 Å². The molecule has 0 radical (unpaired) electrons. The Kier molecular flexibility index (Phi) is 1.97. The minimum absolute atomic E-state index is 0.00639. The van der Waals surface area contributed by atoms with Crippen LogP contribution in [0, 0.1) is 0 Å². The number of carbonyl (C=O) groups is 1.